The number of hydrogen-bond acceptors (Lipinski definition) is 4. The van der Waals surface area contributed by atoms with Gasteiger partial charge in [-0.15, -0.1) is 0 Å². The molecule has 116 valence electrons. The van der Waals surface area contributed by atoms with Crippen molar-refractivity contribution in [3.63, 3.8) is 0 Å². The van der Waals surface area contributed by atoms with Crippen molar-refractivity contribution in [2.45, 2.75) is 32.9 Å². The third-order valence-corrected chi connectivity index (χ3v) is 4.38. The van der Waals surface area contributed by atoms with Gasteiger partial charge in [-0.1, -0.05) is 22.9 Å². The molecule has 1 heterocycles. The Morgan fingerprint density at radius 2 is 1.81 bits per heavy atom. The molecule has 0 radical (unpaired) electrons. The number of fused-ring (bicyclic) bond motifs is 1. The summed E-state index contributed by atoms with van der Waals surface area (Å²) in [6.07, 6.45) is 0. The fourth-order valence-corrected chi connectivity index (χ4v) is 2.74. The van der Waals surface area contributed by atoms with Gasteiger partial charge in [0.25, 0.3) is 0 Å². The van der Waals surface area contributed by atoms with Crippen molar-refractivity contribution in [2.75, 3.05) is 13.2 Å². The molecule has 0 saturated heterocycles. The van der Waals surface area contributed by atoms with Gasteiger partial charge in [0, 0.05) is 16.4 Å². The highest BCUT2D eigenvalue weighted by Gasteiger charge is 2.22. The quantitative estimate of drug-likeness (QED) is 0.868. The van der Waals surface area contributed by atoms with Crippen molar-refractivity contribution in [3.8, 4) is 11.5 Å². The zero-order valence-electron chi connectivity index (χ0n) is 12.5. The van der Waals surface area contributed by atoms with E-state index in [0.717, 1.165) is 15.8 Å². The van der Waals surface area contributed by atoms with Crippen LogP contribution >= 0.6 is 15.9 Å². The van der Waals surface area contributed by atoms with Crippen LogP contribution in [0.15, 0.2) is 16.6 Å². The van der Waals surface area contributed by atoms with Crippen LogP contribution in [0.3, 0.4) is 0 Å². The van der Waals surface area contributed by atoms with Gasteiger partial charge in [-0.25, -0.2) is 0 Å². The fraction of sp³-hybridized carbons (Fsp3) is 0.533. The van der Waals surface area contributed by atoms with Crippen LogP contribution in [-0.4, -0.2) is 25.2 Å². The zero-order valence-corrected chi connectivity index (χ0v) is 14.1. The number of amides is 1. The molecule has 0 saturated carbocycles. The van der Waals surface area contributed by atoms with Crippen LogP contribution < -0.4 is 20.5 Å². The van der Waals surface area contributed by atoms with E-state index in [-0.39, 0.29) is 23.9 Å². The number of carbonyl (C=O) groups is 1. The van der Waals surface area contributed by atoms with Crippen LogP contribution in [0.2, 0.25) is 0 Å². The summed E-state index contributed by atoms with van der Waals surface area (Å²) in [5.74, 6) is 1.14. The average molecular weight is 357 g/mol. The second-order valence-electron chi connectivity index (χ2n) is 5.40. The van der Waals surface area contributed by atoms with E-state index in [1.54, 1.807) is 0 Å². The molecular weight excluding hydrogens is 336 g/mol. The van der Waals surface area contributed by atoms with Gasteiger partial charge in [-0.2, -0.15) is 0 Å². The van der Waals surface area contributed by atoms with Crippen LogP contribution in [0.1, 0.15) is 32.4 Å². The van der Waals surface area contributed by atoms with Crippen molar-refractivity contribution in [2.24, 2.45) is 11.7 Å². The monoisotopic (exact) mass is 356 g/mol. The first kappa shape index (κ1) is 16.1. The SMILES string of the molecule is CC(NC(=O)C(C)C(C)N)c1cc2c(cc1Br)OCCO2. The Morgan fingerprint density at radius 3 is 2.38 bits per heavy atom. The molecule has 0 bridgehead atoms. The topological polar surface area (TPSA) is 73.6 Å². The number of hydrogen-bond donors (Lipinski definition) is 2. The fourth-order valence-electron chi connectivity index (χ4n) is 2.07. The Balaban J connectivity index is 2.15. The van der Waals surface area contributed by atoms with Gasteiger partial charge < -0.3 is 20.5 Å². The van der Waals surface area contributed by atoms with Gasteiger partial charge in [-0.3, -0.25) is 4.79 Å². The molecule has 0 spiro atoms. The molecule has 3 atom stereocenters. The van der Waals surface area contributed by atoms with E-state index in [0.29, 0.717) is 19.0 Å². The Bertz CT molecular complexity index is 534. The first-order chi connectivity index (χ1) is 9.90. The second-order valence-corrected chi connectivity index (χ2v) is 6.25. The Morgan fingerprint density at radius 1 is 1.24 bits per heavy atom. The summed E-state index contributed by atoms with van der Waals surface area (Å²) in [4.78, 5) is 12.1. The molecule has 0 aliphatic carbocycles. The van der Waals surface area contributed by atoms with Gasteiger partial charge in [0.15, 0.2) is 11.5 Å². The highest BCUT2D eigenvalue weighted by atomic mass is 79.9. The highest BCUT2D eigenvalue weighted by molar-refractivity contribution is 9.10. The third kappa shape index (κ3) is 3.68. The lowest BCUT2D eigenvalue weighted by molar-refractivity contribution is -0.125. The summed E-state index contributed by atoms with van der Waals surface area (Å²) in [5, 5.41) is 2.98. The lowest BCUT2D eigenvalue weighted by atomic mass is 10.0. The number of rotatable bonds is 4. The van der Waals surface area contributed by atoms with Crippen LogP contribution in [0.25, 0.3) is 0 Å². The minimum atomic E-state index is -0.233. The summed E-state index contributed by atoms with van der Waals surface area (Å²) in [5.41, 5.74) is 6.71. The van der Waals surface area contributed by atoms with Crippen LogP contribution in [0, 0.1) is 5.92 Å². The molecule has 0 aromatic heterocycles. The minimum absolute atomic E-state index is 0.0562. The van der Waals surface area contributed by atoms with Crippen molar-refractivity contribution >= 4 is 21.8 Å². The van der Waals surface area contributed by atoms with Gasteiger partial charge in [-0.05, 0) is 31.5 Å². The second kappa shape index (κ2) is 6.66. The molecule has 2 rings (SSSR count). The zero-order chi connectivity index (χ0) is 15.6. The third-order valence-electron chi connectivity index (χ3n) is 3.69. The van der Waals surface area contributed by atoms with Gasteiger partial charge in [0.1, 0.15) is 13.2 Å². The Kier molecular flexibility index (Phi) is 5.11. The minimum Gasteiger partial charge on any atom is -0.486 e. The average Bonchev–Trinajstić information content (AvgIpc) is 2.45. The van der Waals surface area contributed by atoms with Gasteiger partial charge in [0.05, 0.1) is 6.04 Å². The van der Waals surface area contributed by atoms with E-state index in [1.807, 2.05) is 32.9 Å². The number of ether oxygens (including phenoxy) is 2. The van der Waals surface area contributed by atoms with E-state index in [4.69, 9.17) is 15.2 Å². The number of nitrogens with one attached hydrogen (secondary N) is 1. The maximum atomic E-state index is 12.1. The van der Waals surface area contributed by atoms with E-state index >= 15 is 0 Å². The number of halogens is 1. The molecule has 1 amide bonds. The van der Waals surface area contributed by atoms with E-state index in [2.05, 4.69) is 21.2 Å². The van der Waals surface area contributed by atoms with Crippen molar-refractivity contribution in [1.82, 2.24) is 5.32 Å². The highest BCUT2D eigenvalue weighted by Crippen LogP contribution is 2.37. The molecule has 1 aromatic carbocycles. The first-order valence-corrected chi connectivity index (χ1v) is 7.84. The smallest absolute Gasteiger partial charge is 0.224 e. The maximum Gasteiger partial charge on any atom is 0.224 e. The van der Waals surface area contributed by atoms with E-state index < -0.39 is 0 Å². The van der Waals surface area contributed by atoms with Crippen molar-refractivity contribution in [3.05, 3.63) is 22.2 Å². The summed E-state index contributed by atoms with van der Waals surface area (Å²) < 4.78 is 12.0. The summed E-state index contributed by atoms with van der Waals surface area (Å²) in [7, 11) is 0. The largest absolute Gasteiger partial charge is 0.486 e. The summed E-state index contributed by atoms with van der Waals surface area (Å²) in [6.45, 7) is 6.68. The van der Waals surface area contributed by atoms with E-state index in [9.17, 15) is 4.79 Å². The predicted octanol–water partition coefficient (Wildman–Crippen LogP) is 2.38. The molecule has 5 nitrogen and oxygen atoms in total. The molecule has 3 N–H and O–H groups in total. The first-order valence-electron chi connectivity index (χ1n) is 7.05. The molecule has 1 aliphatic rings. The van der Waals surface area contributed by atoms with Crippen LogP contribution in [0.4, 0.5) is 0 Å². The lowest BCUT2D eigenvalue weighted by Crippen LogP contribution is -2.39. The Labute approximate surface area is 133 Å². The molecule has 21 heavy (non-hydrogen) atoms. The molecule has 1 aliphatic heterocycles. The van der Waals surface area contributed by atoms with Gasteiger partial charge in [0.2, 0.25) is 5.91 Å². The molecule has 6 heteroatoms. The van der Waals surface area contributed by atoms with Gasteiger partial charge >= 0.3 is 0 Å². The number of benzene rings is 1. The Hall–Kier alpha value is -1.27. The lowest BCUT2D eigenvalue weighted by Gasteiger charge is -2.24. The maximum absolute atomic E-state index is 12.1. The summed E-state index contributed by atoms with van der Waals surface area (Å²) >= 11 is 3.52. The molecule has 0 fully saturated rings. The number of nitrogens with two attached hydrogens (primary N) is 1. The predicted molar refractivity (Wildman–Crippen MR) is 84.5 cm³/mol. The normalized spacial score (nSPS) is 17.8. The molecule has 1 aromatic rings. The standard InChI is InChI=1S/C15H21BrN2O3/c1-8(9(2)17)15(19)18-10(3)11-6-13-14(7-12(11)16)21-5-4-20-13/h6-10H,4-5,17H2,1-3H3,(H,18,19). The van der Waals surface area contributed by atoms with Crippen LogP contribution in [0.5, 0.6) is 11.5 Å². The van der Waals surface area contributed by atoms with Crippen LogP contribution in [-0.2, 0) is 4.79 Å². The van der Waals surface area contributed by atoms with E-state index in [1.165, 1.54) is 0 Å². The molecule has 3 unspecified atom stereocenters. The molecular formula is C15H21BrN2O3. The number of carbonyl (C=O) groups excluding carboxylic acids is 1. The van der Waals surface area contributed by atoms with Crippen molar-refractivity contribution < 1.29 is 14.3 Å². The summed E-state index contributed by atoms with van der Waals surface area (Å²) in [6, 6.07) is 3.45. The van der Waals surface area contributed by atoms with Crippen molar-refractivity contribution in [1.29, 1.82) is 0 Å².